The summed E-state index contributed by atoms with van der Waals surface area (Å²) in [6.45, 7) is 3.78. The molecule has 1 fully saturated rings. The predicted octanol–water partition coefficient (Wildman–Crippen LogP) is 3.58. The molecule has 4 nitrogen and oxygen atoms in total. The zero-order valence-corrected chi connectivity index (χ0v) is 13.5. The van der Waals surface area contributed by atoms with Gasteiger partial charge in [-0.15, -0.1) is 11.3 Å². The van der Waals surface area contributed by atoms with Crippen LogP contribution in [0.25, 0.3) is 0 Å². The van der Waals surface area contributed by atoms with Crippen LogP contribution in [0.5, 0.6) is 0 Å². The average molecular weight is 336 g/mol. The molecule has 1 heterocycles. The number of carbonyl (C=O) groups excluding carboxylic acids is 2. The van der Waals surface area contributed by atoms with E-state index in [4.69, 9.17) is 27.9 Å². The van der Waals surface area contributed by atoms with Crippen LogP contribution in [0, 0.1) is 6.92 Å². The van der Waals surface area contributed by atoms with Crippen molar-refractivity contribution in [2.45, 2.75) is 38.6 Å². The lowest BCUT2D eigenvalue weighted by molar-refractivity contribution is -0.154. The highest BCUT2D eigenvalue weighted by Crippen LogP contribution is 2.38. The van der Waals surface area contributed by atoms with Gasteiger partial charge >= 0.3 is 5.97 Å². The molecule has 110 valence electrons. The Bertz CT molecular complexity index is 552. The zero-order valence-electron chi connectivity index (χ0n) is 11.2. The molecule has 20 heavy (non-hydrogen) atoms. The smallest absolute Gasteiger partial charge is 0.331 e. The van der Waals surface area contributed by atoms with Crippen molar-refractivity contribution in [2.24, 2.45) is 0 Å². The second-order valence-corrected chi connectivity index (χ2v) is 6.75. The van der Waals surface area contributed by atoms with Gasteiger partial charge < -0.3 is 10.1 Å². The summed E-state index contributed by atoms with van der Waals surface area (Å²) in [5.41, 5.74) is -0.250. The molecule has 1 aromatic rings. The maximum atomic E-state index is 12.3. The van der Waals surface area contributed by atoms with Crippen LogP contribution in [-0.4, -0.2) is 24.0 Å². The summed E-state index contributed by atoms with van der Waals surface area (Å²) in [6, 6.07) is 0. The first-order valence-electron chi connectivity index (χ1n) is 6.35. The topological polar surface area (TPSA) is 55.4 Å². The summed E-state index contributed by atoms with van der Waals surface area (Å²) in [7, 11) is 0. The van der Waals surface area contributed by atoms with E-state index in [0.717, 1.165) is 17.8 Å². The summed E-state index contributed by atoms with van der Waals surface area (Å²) in [6.07, 6.45) is 2.09. The van der Waals surface area contributed by atoms with Crippen molar-refractivity contribution in [2.75, 3.05) is 6.61 Å². The molecule has 1 saturated carbocycles. The molecule has 2 rings (SSSR count). The number of rotatable bonds is 4. The Hall–Kier alpha value is -0.780. The van der Waals surface area contributed by atoms with Gasteiger partial charge in [0, 0.05) is 0 Å². The summed E-state index contributed by atoms with van der Waals surface area (Å²) >= 11 is 13.0. The lowest BCUT2D eigenvalue weighted by atomic mass is 9.76. The first-order chi connectivity index (χ1) is 9.41. The van der Waals surface area contributed by atoms with Crippen molar-refractivity contribution < 1.29 is 14.3 Å². The highest BCUT2D eigenvalue weighted by atomic mass is 35.5. The fraction of sp³-hybridized carbons (Fsp3) is 0.538. The molecule has 0 saturated heterocycles. The number of carbonyl (C=O) groups is 2. The van der Waals surface area contributed by atoms with E-state index in [0.29, 0.717) is 39.2 Å². The van der Waals surface area contributed by atoms with Crippen molar-refractivity contribution in [1.82, 2.24) is 5.32 Å². The van der Waals surface area contributed by atoms with Gasteiger partial charge in [0.25, 0.3) is 5.91 Å². The van der Waals surface area contributed by atoms with Crippen LogP contribution >= 0.6 is 34.5 Å². The van der Waals surface area contributed by atoms with Gasteiger partial charge in [0.2, 0.25) is 0 Å². The maximum Gasteiger partial charge on any atom is 0.331 e. The monoisotopic (exact) mass is 335 g/mol. The SMILES string of the molecule is CCOC(=O)C1(NC(=O)c2sc(Cl)c(Cl)c2C)CCC1. The van der Waals surface area contributed by atoms with Gasteiger partial charge in [0.05, 0.1) is 16.5 Å². The van der Waals surface area contributed by atoms with Crippen LogP contribution in [-0.2, 0) is 9.53 Å². The van der Waals surface area contributed by atoms with E-state index in [1.807, 2.05) is 0 Å². The Morgan fingerprint density at radius 3 is 2.45 bits per heavy atom. The fourth-order valence-electron chi connectivity index (χ4n) is 2.13. The molecule has 0 unspecified atom stereocenters. The van der Waals surface area contributed by atoms with Crippen LogP contribution in [0.4, 0.5) is 0 Å². The number of ether oxygens (including phenoxy) is 1. The van der Waals surface area contributed by atoms with Gasteiger partial charge in [0.15, 0.2) is 0 Å². The third kappa shape index (κ3) is 2.67. The molecule has 0 atom stereocenters. The van der Waals surface area contributed by atoms with Crippen molar-refractivity contribution >= 4 is 46.4 Å². The lowest BCUT2D eigenvalue weighted by Crippen LogP contribution is -2.59. The Labute approximate surface area is 131 Å². The van der Waals surface area contributed by atoms with Crippen LogP contribution in [0.2, 0.25) is 9.36 Å². The normalized spacial score (nSPS) is 16.4. The van der Waals surface area contributed by atoms with Crippen LogP contribution in [0.3, 0.4) is 0 Å². The van der Waals surface area contributed by atoms with Crippen molar-refractivity contribution in [1.29, 1.82) is 0 Å². The minimum absolute atomic E-state index is 0.298. The fourth-order valence-corrected chi connectivity index (χ4v) is 3.59. The molecular weight excluding hydrogens is 321 g/mol. The number of thiophene rings is 1. The molecule has 1 N–H and O–H groups in total. The molecule has 1 aliphatic rings. The number of hydrogen-bond acceptors (Lipinski definition) is 4. The number of esters is 1. The summed E-state index contributed by atoms with van der Waals surface area (Å²) in [4.78, 5) is 24.7. The number of halogens is 2. The molecule has 0 aliphatic heterocycles. The summed E-state index contributed by atoms with van der Waals surface area (Å²) in [5.74, 6) is -0.694. The molecule has 0 aromatic carbocycles. The number of amides is 1. The number of hydrogen-bond donors (Lipinski definition) is 1. The van der Waals surface area contributed by atoms with E-state index >= 15 is 0 Å². The minimum atomic E-state index is -0.886. The second kappa shape index (κ2) is 5.92. The largest absolute Gasteiger partial charge is 0.464 e. The van der Waals surface area contributed by atoms with E-state index in [1.165, 1.54) is 0 Å². The Morgan fingerprint density at radius 2 is 2.05 bits per heavy atom. The average Bonchev–Trinajstić information content (AvgIpc) is 2.61. The third-order valence-corrected chi connectivity index (χ3v) is 5.65. The number of nitrogens with one attached hydrogen (secondary N) is 1. The van der Waals surface area contributed by atoms with Gasteiger partial charge in [-0.3, -0.25) is 4.79 Å². The highest BCUT2D eigenvalue weighted by Gasteiger charge is 2.47. The van der Waals surface area contributed by atoms with E-state index in [-0.39, 0.29) is 11.9 Å². The Kier molecular flexibility index (Phi) is 4.62. The quantitative estimate of drug-likeness (QED) is 0.855. The Balaban J connectivity index is 2.17. The van der Waals surface area contributed by atoms with Crippen LogP contribution in [0.15, 0.2) is 0 Å². The van der Waals surface area contributed by atoms with Gasteiger partial charge in [0.1, 0.15) is 9.88 Å². The maximum absolute atomic E-state index is 12.3. The van der Waals surface area contributed by atoms with Crippen molar-refractivity contribution in [3.8, 4) is 0 Å². The molecule has 0 spiro atoms. The highest BCUT2D eigenvalue weighted by molar-refractivity contribution is 7.19. The van der Waals surface area contributed by atoms with Crippen molar-refractivity contribution in [3.63, 3.8) is 0 Å². The van der Waals surface area contributed by atoms with E-state index in [2.05, 4.69) is 5.32 Å². The van der Waals surface area contributed by atoms with Gasteiger partial charge in [-0.2, -0.15) is 0 Å². The van der Waals surface area contributed by atoms with Crippen LogP contribution < -0.4 is 5.32 Å². The summed E-state index contributed by atoms with van der Waals surface area (Å²) in [5, 5.41) is 3.18. The van der Waals surface area contributed by atoms with E-state index in [1.54, 1.807) is 13.8 Å². The van der Waals surface area contributed by atoms with Gasteiger partial charge in [-0.05, 0) is 38.7 Å². The molecule has 1 aliphatic carbocycles. The first kappa shape index (κ1) is 15.6. The molecule has 0 radical (unpaired) electrons. The standard InChI is InChI=1S/C13H15Cl2NO3S/c1-3-19-12(18)13(5-4-6-13)16-11(17)9-7(2)8(14)10(15)20-9/h3-6H2,1-2H3,(H,16,17). The van der Waals surface area contributed by atoms with Crippen LogP contribution in [0.1, 0.15) is 41.4 Å². The van der Waals surface area contributed by atoms with E-state index < -0.39 is 5.54 Å². The first-order valence-corrected chi connectivity index (χ1v) is 7.92. The molecule has 1 amide bonds. The predicted molar refractivity (Wildman–Crippen MR) is 79.8 cm³/mol. The molecular formula is C13H15Cl2NO3S. The third-order valence-electron chi connectivity index (χ3n) is 3.47. The molecule has 7 heteroatoms. The molecule has 1 aromatic heterocycles. The lowest BCUT2D eigenvalue weighted by Gasteiger charge is -2.39. The Morgan fingerprint density at radius 1 is 1.40 bits per heavy atom. The second-order valence-electron chi connectivity index (χ2n) is 4.75. The van der Waals surface area contributed by atoms with Gasteiger partial charge in [-0.1, -0.05) is 23.2 Å². The van der Waals surface area contributed by atoms with Gasteiger partial charge in [-0.25, -0.2) is 4.79 Å². The molecule has 0 bridgehead atoms. The zero-order chi connectivity index (χ0) is 14.9. The minimum Gasteiger partial charge on any atom is -0.464 e. The summed E-state index contributed by atoms with van der Waals surface area (Å²) < 4.78 is 5.43. The van der Waals surface area contributed by atoms with Crippen molar-refractivity contribution in [3.05, 3.63) is 19.8 Å². The van der Waals surface area contributed by atoms with E-state index in [9.17, 15) is 9.59 Å².